The van der Waals surface area contributed by atoms with Crippen LogP contribution in [0, 0.1) is 0 Å². The molecule has 0 saturated carbocycles. The van der Waals surface area contributed by atoms with E-state index in [9.17, 15) is 14.4 Å². The highest BCUT2D eigenvalue weighted by Crippen LogP contribution is 2.05. The number of hydrogen-bond acceptors (Lipinski definition) is 6. The van der Waals surface area contributed by atoms with Crippen molar-refractivity contribution < 1.29 is 14.3 Å². The van der Waals surface area contributed by atoms with Gasteiger partial charge in [0.1, 0.15) is 12.1 Å². The second-order valence-corrected chi connectivity index (χ2v) is 6.12. The van der Waals surface area contributed by atoms with Gasteiger partial charge in [0.15, 0.2) is 6.61 Å². The Morgan fingerprint density at radius 2 is 1.79 bits per heavy atom. The summed E-state index contributed by atoms with van der Waals surface area (Å²) in [6, 6.07) is 16.3. The first-order valence-electron chi connectivity index (χ1n) is 8.88. The molecule has 0 radical (unpaired) electrons. The van der Waals surface area contributed by atoms with Crippen molar-refractivity contribution in [1.82, 2.24) is 19.9 Å². The molecule has 0 bridgehead atoms. The largest absolute Gasteiger partial charge is 0.454 e. The summed E-state index contributed by atoms with van der Waals surface area (Å²) in [7, 11) is 0. The van der Waals surface area contributed by atoms with Gasteiger partial charge in [-0.25, -0.2) is 0 Å². The molecule has 0 saturated heterocycles. The molecule has 8 heteroatoms. The van der Waals surface area contributed by atoms with Gasteiger partial charge in [-0.1, -0.05) is 47.7 Å². The molecule has 0 atom stereocenters. The Morgan fingerprint density at radius 3 is 2.54 bits per heavy atom. The summed E-state index contributed by atoms with van der Waals surface area (Å²) < 4.78 is 5.96. The minimum absolute atomic E-state index is 0.309. The van der Waals surface area contributed by atoms with Crippen LogP contribution in [0.2, 0.25) is 0 Å². The zero-order valence-electron chi connectivity index (χ0n) is 15.4. The van der Waals surface area contributed by atoms with E-state index in [4.69, 9.17) is 4.74 Å². The Labute approximate surface area is 161 Å². The molecule has 3 rings (SSSR count). The number of benzene rings is 2. The van der Waals surface area contributed by atoms with E-state index < -0.39 is 24.7 Å². The van der Waals surface area contributed by atoms with Crippen LogP contribution in [-0.4, -0.2) is 44.9 Å². The van der Waals surface area contributed by atoms with E-state index in [1.807, 2.05) is 37.3 Å². The van der Waals surface area contributed by atoms with Gasteiger partial charge in [-0.2, -0.15) is 4.68 Å². The summed E-state index contributed by atoms with van der Waals surface area (Å²) in [4.78, 5) is 38.3. The molecule has 3 aromatic rings. The molecular weight excluding hydrogens is 360 g/mol. The molecule has 0 aliphatic carbocycles. The highest BCUT2D eigenvalue weighted by atomic mass is 16.5. The molecule has 8 nitrogen and oxygen atoms in total. The highest BCUT2D eigenvalue weighted by Gasteiger charge is 2.16. The number of esters is 1. The van der Waals surface area contributed by atoms with Crippen molar-refractivity contribution >= 4 is 22.8 Å². The molecule has 1 heterocycles. The topological polar surface area (TPSA) is 94.4 Å². The van der Waals surface area contributed by atoms with Crippen molar-refractivity contribution in [3.8, 4) is 0 Å². The molecule has 0 spiro atoms. The normalized spacial score (nSPS) is 10.6. The van der Waals surface area contributed by atoms with E-state index in [0.29, 0.717) is 24.0 Å². The first kappa shape index (κ1) is 19.2. The Bertz CT molecular complexity index is 1030. The third-order valence-electron chi connectivity index (χ3n) is 4.22. The molecule has 28 heavy (non-hydrogen) atoms. The number of carbonyl (C=O) groups is 2. The summed E-state index contributed by atoms with van der Waals surface area (Å²) in [6.45, 7) is 1.97. The average Bonchev–Trinajstić information content (AvgIpc) is 2.73. The van der Waals surface area contributed by atoms with Gasteiger partial charge in [-0.05, 0) is 24.6 Å². The van der Waals surface area contributed by atoms with Crippen LogP contribution in [0.3, 0.4) is 0 Å². The first-order chi connectivity index (χ1) is 13.6. The molecule has 0 N–H and O–H groups in total. The van der Waals surface area contributed by atoms with Crippen molar-refractivity contribution in [3.05, 3.63) is 70.5 Å². The van der Waals surface area contributed by atoms with E-state index in [1.54, 1.807) is 29.2 Å². The zero-order chi connectivity index (χ0) is 19.9. The number of likely N-dealkylation sites (N-methyl/N-ethyl adjacent to an activating group) is 1. The van der Waals surface area contributed by atoms with Crippen molar-refractivity contribution in [2.45, 2.75) is 20.0 Å². The van der Waals surface area contributed by atoms with Gasteiger partial charge < -0.3 is 9.64 Å². The van der Waals surface area contributed by atoms with E-state index >= 15 is 0 Å². The van der Waals surface area contributed by atoms with Gasteiger partial charge >= 0.3 is 5.97 Å². The van der Waals surface area contributed by atoms with Gasteiger partial charge in [0.05, 0.1) is 5.39 Å². The number of ether oxygens (including phenoxy) is 1. The maximum absolute atomic E-state index is 12.3. The fourth-order valence-electron chi connectivity index (χ4n) is 2.71. The average molecular weight is 380 g/mol. The van der Waals surface area contributed by atoms with Crippen LogP contribution in [-0.2, 0) is 27.4 Å². The Hall–Kier alpha value is -3.55. The number of nitrogens with zero attached hydrogens (tertiary/aromatic N) is 4. The number of fused-ring (bicyclic) bond motifs is 1. The lowest BCUT2D eigenvalue weighted by atomic mass is 10.2. The van der Waals surface area contributed by atoms with Crippen molar-refractivity contribution in [2.75, 3.05) is 13.2 Å². The fourth-order valence-corrected chi connectivity index (χ4v) is 2.71. The lowest BCUT2D eigenvalue weighted by molar-refractivity contribution is -0.153. The summed E-state index contributed by atoms with van der Waals surface area (Å²) in [5.41, 5.74) is 1.00. The van der Waals surface area contributed by atoms with Gasteiger partial charge in [0, 0.05) is 13.1 Å². The quantitative estimate of drug-likeness (QED) is 0.575. The van der Waals surface area contributed by atoms with Crippen LogP contribution in [0.1, 0.15) is 12.5 Å². The van der Waals surface area contributed by atoms with Gasteiger partial charge in [0.25, 0.3) is 11.5 Å². The summed E-state index contributed by atoms with van der Waals surface area (Å²) in [5.74, 6) is -1.03. The van der Waals surface area contributed by atoms with Gasteiger partial charge in [-0.3, -0.25) is 14.4 Å². The molecule has 0 unspecified atom stereocenters. The van der Waals surface area contributed by atoms with Crippen LogP contribution >= 0.6 is 0 Å². The molecule has 0 aliphatic rings. The number of carbonyl (C=O) groups excluding carboxylic acids is 2. The van der Waals surface area contributed by atoms with Gasteiger partial charge in [0.2, 0.25) is 0 Å². The Kier molecular flexibility index (Phi) is 6.11. The van der Waals surface area contributed by atoms with Crippen LogP contribution in [0.4, 0.5) is 0 Å². The highest BCUT2D eigenvalue weighted by molar-refractivity contribution is 5.81. The lowest BCUT2D eigenvalue weighted by Gasteiger charge is -2.20. The van der Waals surface area contributed by atoms with Crippen LogP contribution in [0.25, 0.3) is 10.9 Å². The third-order valence-corrected chi connectivity index (χ3v) is 4.22. The Balaban J connectivity index is 1.58. The van der Waals surface area contributed by atoms with Gasteiger partial charge in [-0.15, -0.1) is 5.10 Å². The molecule has 0 aliphatic heterocycles. The number of aromatic nitrogens is 3. The first-order valence-corrected chi connectivity index (χ1v) is 8.88. The van der Waals surface area contributed by atoms with E-state index in [0.717, 1.165) is 10.2 Å². The van der Waals surface area contributed by atoms with Crippen molar-refractivity contribution in [3.63, 3.8) is 0 Å². The number of rotatable bonds is 7. The van der Waals surface area contributed by atoms with Crippen LogP contribution < -0.4 is 5.56 Å². The second kappa shape index (κ2) is 8.90. The summed E-state index contributed by atoms with van der Waals surface area (Å²) in [5, 5.41) is 8.01. The minimum Gasteiger partial charge on any atom is -0.454 e. The SMILES string of the molecule is CCN(Cc1ccccc1)C(=O)COC(=O)Cn1nnc2ccccc2c1=O. The molecule has 1 aromatic heterocycles. The van der Waals surface area contributed by atoms with E-state index in [2.05, 4.69) is 10.3 Å². The van der Waals surface area contributed by atoms with Crippen LogP contribution in [0.5, 0.6) is 0 Å². The standard InChI is InChI=1S/C20H20N4O4/c1-2-23(12-15-8-4-3-5-9-15)18(25)14-28-19(26)13-24-20(27)16-10-6-7-11-17(16)21-22-24/h3-11H,2,12-14H2,1H3. The second-order valence-electron chi connectivity index (χ2n) is 6.12. The fraction of sp³-hybridized carbons (Fsp3) is 0.250. The van der Waals surface area contributed by atoms with Crippen molar-refractivity contribution in [2.24, 2.45) is 0 Å². The zero-order valence-corrected chi connectivity index (χ0v) is 15.4. The lowest BCUT2D eigenvalue weighted by Crippen LogP contribution is -2.35. The number of amides is 1. The number of hydrogen-bond donors (Lipinski definition) is 0. The smallest absolute Gasteiger partial charge is 0.328 e. The molecule has 2 aromatic carbocycles. The van der Waals surface area contributed by atoms with Crippen LogP contribution in [0.15, 0.2) is 59.4 Å². The Morgan fingerprint density at radius 1 is 1.07 bits per heavy atom. The minimum atomic E-state index is -0.726. The third kappa shape index (κ3) is 4.59. The summed E-state index contributed by atoms with van der Waals surface area (Å²) >= 11 is 0. The maximum atomic E-state index is 12.3. The summed E-state index contributed by atoms with van der Waals surface area (Å²) in [6.07, 6.45) is 0. The molecular formula is C20H20N4O4. The van der Waals surface area contributed by atoms with E-state index in [1.165, 1.54) is 0 Å². The molecule has 144 valence electrons. The molecule has 0 fully saturated rings. The monoisotopic (exact) mass is 380 g/mol. The van der Waals surface area contributed by atoms with E-state index in [-0.39, 0.29) is 5.91 Å². The predicted molar refractivity (Wildman–Crippen MR) is 102 cm³/mol. The predicted octanol–water partition coefficient (Wildman–Crippen LogP) is 1.38. The van der Waals surface area contributed by atoms with Crippen molar-refractivity contribution in [1.29, 1.82) is 0 Å². The maximum Gasteiger partial charge on any atom is 0.328 e. The molecule has 1 amide bonds.